The van der Waals surface area contributed by atoms with Gasteiger partial charge in [-0.15, -0.1) is 0 Å². The molecule has 3 rings (SSSR count). The summed E-state index contributed by atoms with van der Waals surface area (Å²) < 4.78 is 16.3. The van der Waals surface area contributed by atoms with Crippen LogP contribution in [0.1, 0.15) is 11.1 Å². The van der Waals surface area contributed by atoms with Crippen molar-refractivity contribution in [3.05, 3.63) is 87.9 Å². The maximum Gasteiger partial charge on any atom is 0.261 e. The molecule has 3 aromatic carbocycles. The summed E-state index contributed by atoms with van der Waals surface area (Å²) in [6.45, 7) is -0.312. The number of rotatable bonds is 11. The summed E-state index contributed by atoms with van der Waals surface area (Å²) >= 11 is 12.8. The second kappa shape index (κ2) is 13.0. The zero-order valence-electron chi connectivity index (χ0n) is 20.3. The Hall–Kier alpha value is -3.42. The summed E-state index contributed by atoms with van der Waals surface area (Å²) in [6.07, 6.45) is 0.293. The first-order chi connectivity index (χ1) is 17.4. The van der Waals surface area contributed by atoms with E-state index >= 15 is 0 Å². The van der Waals surface area contributed by atoms with Gasteiger partial charge in [0.25, 0.3) is 5.91 Å². The summed E-state index contributed by atoms with van der Waals surface area (Å²) in [7, 11) is 4.58. The Bertz CT molecular complexity index is 1150. The van der Waals surface area contributed by atoms with Crippen molar-refractivity contribution >= 4 is 35.0 Å². The molecule has 36 heavy (non-hydrogen) atoms. The molecule has 0 aliphatic carbocycles. The maximum absolute atomic E-state index is 13.6. The second-order valence-electron chi connectivity index (χ2n) is 7.88. The van der Waals surface area contributed by atoms with Crippen LogP contribution in [0.15, 0.2) is 66.7 Å². The molecule has 0 radical (unpaired) electrons. The minimum Gasteiger partial charge on any atom is -0.496 e. The molecule has 0 fully saturated rings. The molecular formula is C27H28Cl2N2O5. The van der Waals surface area contributed by atoms with E-state index in [4.69, 9.17) is 37.4 Å². The van der Waals surface area contributed by atoms with Crippen LogP contribution in [0, 0.1) is 0 Å². The number of amides is 2. The third-order valence-electron chi connectivity index (χ3n) is 5.59. The van der Waals surface area contributed by atoms with Crippen LogP contribution in [-0.4, -0.2) is 50.6 Å². The molecule has 3 aromatic rings. The fourth-order valence-corrected chi connectivity index (χ4v) is 4.18. The van der Waals surface area contributed by atoms with E-state index < -0.39 is 11.9 Å². The number of ether oxygens (including phenoxy) is 3. The van der Waals surface area contributed by atoms with Crippen LogP contribution in [0.5, 0.6) is 17.2 Å². The molecule has 190 valence electrons. The van der Waals surface area contributed by atoms with Gasteiger partial charge in [-0.05, 0) is 17.7 Å². The van der Waals surface area contributed by atoms with Gasteiger partial charge in [0.15, 0.2) is 6.61 Å². The van der Waals surface area contributed by atoms with E-state index in [1.165, 1.54) is 26.2 Å². The summed E-state index contributed by atoms with van der Waals surface area (Å²) in [5, 5.41) is 3.46. The molecule has 0 aliphatic rings. The molecule has 0 aliphatic heterocycles. The highest BCUT2D eigenvalue weighted by Gasteiger charge is 2.31. The van der Waals surface area contributed by atoms with Crippen molar-refractivity contribution in [3.63, 3.8) is 0 Å². The van der Waals surface area contributed by atoms with Gasteiger partial charge in [0.2, 0.25) is 5.91 Å². The van der Waals surface area contributed by atoms with Crippen LogP contribution in [0.4, 0.5) is 0 Å². The lowest BCUT2D eigenvalue weighted by Gasteiger charge is -2.31. The van der Waals surface area contributed by atoms with E-state index in [9.17, 15) is 9.59 Å². The standard InChI is InChI=1S/C27H28Cl2N2O5/c1-30-27(33)25(12-18-8-5-4-6-9-18)31(16-22-23(28)10-7-11-24(22)29)26(32)17-36-21-14-19(34-2)13-20(15-21)35-3/h4-11,13-15,25H,12,16-17H2,1-3H3,(H,30,33)/t25-/m1/s1. The molecule has 9 heteroatoms. The molecule has 0 saturated heterocycles. The van der Waals surface area contributed by atoms with Crippen molar-refractivity contribution in [1.29, 1.82) is 0 Å². The average Bonchev–Trinajstić information content (AvgIpc) is 2.90. The van der Waals surface area contributed by atoms with E-state index in [1.54, 1.807) is 36.4 Å². The highest BCUT2D eigenvalue weighted by atomic mass is 35.5. The SMILES string of the molecule is CNC(=O)[C@@H](Cc1ccccc1)N(Cc1c(Cl)cccc1Cl)C(=O)COc1cc(OC)cc(OC)c1. The highest BCUT2D eigenvalue weighted by molar-refractivity contribution is 6.36. The monoisotopic (exact) mass is 530 g/mol. The van der Waals surface area contributed by atoms with Gasteiger partial charge in [-0.2, -0.15) is 0 Å². The predicted octanol–water partition coefficient (Wildman–Crippen LogP) is 4.78. The van der Waals surface area contributed by atoms with Crippen molar-refractivity contribution in [1.82, 2.24) is 10.2 Å². The van der Waals surface area contributed by atoms with Crippen molar-refractivity contribution in [2.45, 2.75) is 19.0 Å². The Morgan fingerprint density at radius 3 is 2.03 bits per heavy atom. The number of likely N-dealkylation sites (N-methyl/N-ethyl adjacent to an activating group) is 1. The molecular weight excluding hydrogens is 503 g/mol. The quantitative estimate of drug-likeness (QED) is 0.386. The lowest BCUT2D eigenvalue weighted by molar-refractivity contribution is -0.142. The van der Waals surface area contributed by atoms with Crippen molar-refractivity contribution < 1.29 is 23.8 Å². The Balaban J connectivity index is 1.93. The smallest absolute Gasteiger partial charge is 0.261 e. The van der Waals surface area contributed by atoms with Crippen LogP contribution in [0.25, 0.3) is 0 Å². The summed E-state index contributed by atoms with van der Waals surface area (Å²) in [6, 6.07) is 18.7. The molecule has 0 saturated carbocycles. The highest BCUT2D eigenvalue weighted by Crippen LogP contribution is 2.29. The normalized spacial score (nSPS) is 11.4. The summed E-state index contributed by atoms with van der Waals surface area (Å²) in [5.74, 6) is 0.679. The van der Waals surface area contributed by atoms with Crippen molar-refractivity contribution in [2.24, 2.45) is 0 Å². The first kappa shape index (κ1) is 27.2. The fraction of sp³-hybridized carbons (Fsp3) is 0.259. The van der Waals surface area contributed by atoms with Crippen molar-refractivity contribution in [2.75, 3.05) is 27.9 Å². The molecule has 2 amide bonds. The lowest BCUT2D eigenvalue weighted by atomic mass is 10.0. The Morgan fingerprint density at radius 1 is 0.889 bits per heavy atom. The van der Waals surface area contributed by atoms with Crippen LogP contribution >= 0.6 is 23.2 Å². The zero-order valence-corrected chi connectivity index (χ0v) is 21.8. The van der Waals surface area contributed by atoms with E-state index in [0.717, 1.165) is 5.56 Å². The molecule has 7 nitrogen and oxygen atoms in total. The minimum absolute atomic E-state index is 0.0209. The van der Waals surface area contributed by atoms with Crippen LogP contribution in [-0.2, 0) is 22.6 Å². The number of carbonyl (C=O) groups is 2. The Labute approximate surface area is 220 Å². The fourth-order valence-electron chi connectivity index (χ4n) is 3.67. The van der Waals surface area contributed by atoms with E-state index in [2.05, 4.69) is 5.32 Å². The van der Waals surface area contributed by atoms with E-state index in [1.807, 2.05) is 30.3 Å². The molecule has 1 N–H and O–H groups in total. The number of nitrogens with zero attached hydrogens (tertiary/aromatic N) is 1. The number of methoxy groups -OCH3 is 2. The first-order valence-electron chi connectivity index (χ1n) is 11.2. The summed E-state index contributed by atoms with van der Waals surface area (Å²) in [4.78, 5) is 28.0. The number of hydrogen-bond acceptors (Lipinski definition) is 5. The number of benzene rings is 3. The van der Waals surface area contributed by atoms with E-state index in [-0.39, 0.29) is 19.1 Å². The second-order valence-corrected chi connectivity index (χ2v) is 8.69. The van der Waals surface area contributed by atoms with Crippen LogP contribution < -0.4 is 19.5 Å². The summed E-state index contributed by atoms with van der Waals surface area (Å²) in [5.41, 5.74) is 1.44. The van der Waals surface area contributed by atoms with Gasteiger partial charge in [-0.1, -0.05) is 59.6 Å². The number of carbonyl (C=O) groups excluding carboxylic acids is 2. The largest absolute Gasteiger partial charge is 0.496 e. The van der Waals surface area contributed by atoms with E-state index in [0.29, 0.717) is 39.3 Å². The lowest BCUT2D eigenvalue weighted by Crippen LogP contribution is -2.51. The van der Waals surface area contributed by atoms with Gasteiger partial charge >= 0.3 is 0 Å². The van der Waals surface area contributed by atoms with Gasteiger partial charge in [0.05, 0.1) is 14.2 Å². The molecule has 0 unspecified atom stereocenters. The third-order valence-corrected chi connectivity index (χ3v) is 6.30. The first-order valence-corrected chi connectivity index (χ1v) is 12.0. The minimum atomic E-state index is -0.833. The van der Waals surface area contributed by atoms with Gasteiger partial charge in [-0.25, -0.2) is 0 Å². The molecule has 1 atom stereocenters. The Kier molecular flexibility index (Phi) is 9.85. The van der Waals surface area contributed by atoms with Gasteiger partial charge in [0, 0.05) is 53.8 Å². The maximum atomic E-state index is 13.6. The third kappa shape index (κ3) is 7.06. The molecule has 0 spiro atoms. The predicted molar refractivity (Wildman–Crippen MR) is 140 cm³/mol. The van der Waals surface area contributed by atoms with Crippen LogP contribution in [0.3, 0.4) is 0 Å². The molecule has 0 heterocycles. The van der Waals surface area contributed by atoms with Gasteiger partial charge < -0.3 is 24.4 Å². The topological polar surface area (TPSA) is 77.1 Å². The van der Waals surface area contributed by atoms with Crippen LogP contribution in [0.2, 0.25) is 10.0 Å². The molecule has 0 bridgehead atoms. The Morgan fingerprint density at radius 2 is 1.47 bits per heavy atom. The number of halogens is 2. The van der Waals surface area contributed by atoms with Gasteiger partial charge in [-0.3, -0.25) is 9.59 Å². The van der Waals surface area contributed by atoms with Crippen molar-refractivity contribution in [3.8, 4) is 17.2 Å². The molecule has 0 aromatic heterocycles. The number of nitrogens with one attached hydrogen (secondary N) is 1. The number of hydrogen-bond donors (Lipinski definition) is 1. The zero-order chi connectivity index (χ0) is 26.1. The van der Waals surface area contributed by atoms with Gasteiger partial charge in [0.1, 0.15) is 23.3 Å². The average molecular weight is 531 g/mol.